The molecule has 2 nitrogen and oxygen atoms in total. The molecule has 0 radical (unpaired) electrons. The number of carbonyl (C=O) groups excluding carboxylic acids is 1. The van der Waals surface area contributed by atoms with Gasteiger partial charge < -0.3 is 5.32 Å². The van der Waals surface area contributed by atoms with Crippen LogP contribution >= 0.6 is 0 Å². The van der Waals surface area contributed by atoms with Crippen molar-refractivity contribution in [3.05, 3.63) is 35.4 Å². The van der Waals surface area contributed by atoms with Crippen LogP contribution in [0.3, 0.4) is 0 Å². The Balaban J connectivity index is 2.20. The Hall–Kier alpha value is -1.15. The van der Waals surface area contributed by atoms with E-state index < -0.39 is 0 Å². The van der Waals surface area contributed by atoms with Crippen molar-refractivity contribution in [1.82, 2.24) is 5.32 Å². The summed E-state index contributed by atoms with van der Waals surface area (Å²) in [5.41, 5.74) is 2.61. The van der Waals surface area contributed by atoms with Crippen LogP contribution in [0.5, 0.6) is 0 Å². The summed E-state index contributed by atoms with van der Waals surface area (Å²) < 4.78 is 0. The third kappa shape index (κ3) is 2.70. The highest BCUT2D eigenvalue weighted by atomic mass is 16.1. The van der Waals surface area contributed by atoms with Crippen molar-refractivity contribution in [2.45, 2.75) is 32.1 Å². The zero-order valence-corrected chi connectivity index (χ0v) is 9.83. The number of hydrogen-bond donors (Lipinski definition) is 1. The number of hydrogen-bond acceptors (Lipinski definition) is 2. The molecule has 1 heterocycles. The first-order valence-corrected chi connectivity index (χ1v) is 6.05. The second kappa shape index (κ2) is 5.26. The van der Waals surface area contributed by atoms with Crippen molar-refractivity contribution in [1.29, 1.82) is 0 Å². The molecule has 0 unspecified atom stereocenters. The van der Waals surface area contributed by atoms with Gasteiger partial charge in [-0.05, 0) is 49.9 Å². The van der Waals surface area contributed by atoms with Crippen LogP contribution in [0.1, 0.15) is 36.8 Å². The molecule has 0 amide bonds. The van der Waals surface area contributed by atoms with Crippen LogP contribution in [0.4, 0.5) is 0 Å². The molecule has 2 heteroatoms. The van der Waals surface area contributed by atoms with Gasteiger partial charge in [0.05, 0.1) is 0 Å². The van der Waals surface area contributed by atoms with Crippen LogP contribution < -0.4 is 5.32 Å². The largest absolute Gasteiger partial charge is 0.317 e. The van der Waals surface area contributed by atoms with Gasteiger partial charge >= 0.3 is 0 Å². The van der Waals surface area contributed by atoms with E-state index in [9.17, 15) is 4.79 Å². The summed E-state index contributed by atoms with van der Waals surface area (Å²) in [5, 5.41) is 3.38. The molecule has 0 bridgehead atoms. The summed E-state index contributed by atoms with van der Waals surface area (Å²) in [6, 6.07) is 8.40. The molecule has 1 aromatic carbocycles. The summed E-state index contributed by atoms with van der Waals surface area (Å²) >= 11 is 0. The number of rotatable bonds is 3. The number of piperidine rings is 1. The fourth-order valence-corrected chi connectivity index (χ4v) is 2.49. The van der Waals surface area contributed by atoms with Crippen molar-refractivity contribution in [3.8, 4) is 0 Å². The molecule has 0 spiro atoms. The van der Waals surface area contributed by atoms with E-state index in [2.05, 4.69) is 23.5 Å². The smallest absolute Gasteiger partial charge is 0.134 e. The predicted octanol–water partition coefficient (Wildman–Crippen LogP) is 2.29. The minimum atomic E-state index is 0.251. The molecule has 1 aliphatic heterocycles. The zero-order chi connectivity index (χ0) is 11.4. The normalized spacial score (nSPS) is 17.3. The Morgan fingerprint density at radius 3 is 2.69 bits per heavy atom. The second-order valence-corrected chi connectivity index (χ2v) is 4.60. The van der Waals surface area contributed by atoms with E-state index in [1.807, 2.05) is 6.07 Å². The van der Waals surface area contributed by atoms with Crippen LogP contribution in [0.25, 0.3) is 0 Å². The van der Waals surface area contributed by atoms with Gasteiger partial charge in [0.15, 0.2) is 0 Å². The molecule has 1 saturated heterocycles. The lowest BCUT2D eigenvalue weighted by Gasteiger charge is -2.25. The Bertz CT molecular complexity index is 367. The topological polar surface area (TPSA) is 29.1 Å². The van der Waals surface area contributed by atoms with E-state index in [1.54, 1.807) is 6.92 Å². The quantitative estimate of drug-likeness (QED) is 0.841. The first-order valence-electron chi connectivity index (χ1n) is 6.05. The van der Waals surface area contributed by atoms with Crippen LogP contribution in [-0.2, 0) is 11.2 Å². The molecule has 1 aliphatic rings. The molecule has 2 rings (SSSR count). The second-order valence-electron chi connectivity index (χ2n) is 4.60. The van der Waals surface area contributed by atoms with Crippen molar-refractivity contribution < 1.29 is 4.79 Å². The number of nitrogens with one attached hydrogen (secondary N) is 1. The SMILES string of the molecule is CC(=O)Cc1ccccc1C1CCNCC1. The number of ketones is 1. The monoisotopic (exact) mass is 217 g/mol. The molecular weight excluding hydrogens is 198 g/mol. The van der Waals surface area contributed by atoms with Crippen LogP contribution in [0, 0.1) is 0 Å². The van der Waals surface area contributed by atoms with E-state index >= 15 is 0 Å². The molecule has 0 atom stereocenters. The maximum Gasteiger partial charge on any atom is 0.134 e. The number of Topliss-reactive ketones (excluding diaryl/α,β-unsaturated/α-hetero) is 1. The Labute approximate surface area is 97.1 Å². The van der Waals surface area contributed by atoms with Crippen molar-refractivity contribution in [2.24, 2.45) is 0 Å². The molecule has 16 heavy (non-hydrogen) atoms. The fourth-order valence-electron chi connectivity index (χ4n) is 2.49. The van der Waals surface area contributed by atoms with Gasteiger partial charge in [-0.15, -0.1) is 0 Å². The summed E-state index contributed by atoms with van der Waals surface area (Å²) in [5.74, 6) is 0.887. The molecule has 1 fully saturated rings. The molecule has 1 aromatic rings. The third-order valence-corrected chi connectivity index (χ3v) is 3.27. The van der Waals surface area contributed by atoms with E-state index in [-0.39, 0.29) is 5.78 Å². The first-order chi connectivity index (χ1) is 7.77. The lowest BCUT2D eigenvalue weighted by atomic mass is 9.86. The molecule has 0 saturated carbocycles. The van der Waals surface area contributed by atoms with Gasteiger partial charge in [-0.2, -0.15) is 0 Å². The molecular formula is C14H19NO. The number of carbonyl (C=O) groups is 1. The highest BCUT2D eigenvalue weighted by Gasteiger charge is 2.17. The molecule has 1 N–H and O–H groups in total. The summed E-state index contributed by atoms with van der Waals surface area (Å²) in [4.78, 5) is 11.2. The van der Waals surface area contributed by atoms with Gasteiger partial charge in [0.2, 0.25) is 0 Å². The van der Waals surface area contributed by atoms with Gasteiger partial charge in [-0.25, -0.2) is 0 Å². The van der Waals surface area contributed by atoms with E-state index in [0.717, 1.165) is 13.1 Å². The highest BCUT2D eigenvalue weighted by molar-refractivity contribution is 5.78. The Morgan fingerprint density at radius 1 is 1.31 bits per heavy atom. The van der Waals surface area contributed by atoms with Crippen LogP contribution in [0.2, 0.25) is 0 Å². The van der Waals surface area contributed by atoms with Crippen LogP contribution in [-0.4, -0.2) is 18.9 Å². The minimum absolute atomic E-state index is 0.251. The molecule has 0 aromatic heterocycles. The van der Waals surface area contributed by atoms with Crippen molar-refractivity contribution >= 4 is 5.78 Å². The Kier molecular flexibility index (Phi) is 3.73. The lowest BCUT2D eigenvalue weighted by molar-refractivity contribution is -0.116. The van der Waals surface area contributed by atoms with E-state index in [0.29, 0.717) is 12.3 Å². The van der Waals surface area contributed by atoms with E-state index in [4.69, 9.17) is 0 Å². The molecule has 0 aliphatic carbocycles. The summed E-state index contributed by atoms with van der Waals surface area (Å²) in [7, 11) is 0. The Morgan fingerprint density at radius 2 is 2.00 bits per heavy atom. The molecule has 86 valence electrons. The zero-order valence-electron chi connectivity index (χ0n) is 9.83. The van der Waals surface area contributed by atoms with Gasteiger partial charge in [0, 0.05) is 6.42 Å². The van der Waals surface area contributed by atoms with Gasteiger partial charge in [0.25, 0.3) is 0 Å². The van der Waals surface area contributed by atoms with Crippen molar-refractivity contribution in [3.63, 3.8) is 0 Å². The summed E-state index contributed by atoms with van der Waals surface area (Å²) in [6.07, 6.45) is 2.96. The maximum absolute atomic E-state index is 11.2. The minimum Gasteiger partial charge on any atom is -0.317 e. The van der Waals surface area contributed by atoms with Crippen LogP contribution in [0.15, 0.2) is 24.3 Å². The fraction of sp³-hybridized carbons (Fsp3) is 0.500. The van der Waals surface area contributed by atoms with Gasteiger partial charge in [-0.3, -0.25) is 4.79 Å². The first kappa shape index (κ1) is 11.3. The number of benzene rings is 1. The van der Waals surface area contributed by atoms with Gasteiger partial charge in [-0.1, -0.05) is 24.3 Å². The maximum atomic E-state index is 11.2. The lowest BCUT2D eigenvalue weighted by Crippen LogP contribution is -2.27. The van der Waals surface area contributed by atoms with Crippen molar-refractivity contribution in [2.75, 3.05) is 13.1 Å². The highest BCUT2D eigenvalue weighted by Crippen LogP contribution is 2.28. The standard InChI is InChI=1S/C14H19NO/c1-11(16)10-13-4-2-3-5-14(13)12-6-8-15-9-7-12/h2-5,12,15H,6-10H2,1H3. The third-order valence-electron chi connectivity index (χ3n) is 3.27. The summed E-state index contributed by atoms with van der Waals surface area (Å²) in [6.45, 7) is 3.86. The van der Waals surface area contributed by atoms with Gasteiger partial charge in [0.1, 0.15) is 5.78 Å². The predicted molar refractivity (Wildman–Crippen MR) is 65.7 cm³/mol. The average molecular weight is 217 g/mol. The average Bonchev–Trinajstić information content (AvgIpc) is 2.30. The van der Waals surface area contributed by atoms with E-state index in [1.165, 1.54) is 24.0 Å².